The van der Waals surface area contributed by atoms with E-state index in [1.807, 2.05) is 30.3 Å². The third-order valence-electron chi connectivity index (χ3n) is 4.43. The second-order valence-electron chi connectivity index (χ2n) is 6.32. The van der Waals surface area contributed by atoms with Crippen LogP contribution in [0.15, 0.2) is 59.8 Å². The summed E-state index contributed by atoms with van der Waals surface area (Å²) in [6.07, 6.45) is 0. The summed E-state index contributed by atoms with van der Waals surface area (Å²) in [7, 11) is 1.32. The smallest absolute Gasteiger partial charge is 0.338 e. The van der Waals surface area contributed by atoms with Crippen molar-refractivity contribution >= 4 is 17.7 Å². The highest BCUT2D eigenvalue weighted by atomic mass is 16.6. The zero-order valence-electron chi connectivity index (χ0n) is 15.8. The van der Waals surface area contributed by atoms with Crippen LogP contribution in [0.1, 0.15) is 24.1 Å². The van der Waals surface area contributed by atoms with Crippen LogP contribution in [0.5, 0.6) is 5.75 Å². The van der Waals surface area contributed by atoms with Crippen molar-refractivity contribution < 1.29 is 24.0 Å². The lowest BCUT2D eigenvalue weighted by Crippen LogP contribution is -2.45. The van der Waals surface area contributed by atoms with Crippen LogP contribution in [0.25, 0.3) is 0 Å². The van der Waals surface area contributed by atoms with Crippen LogP contribution in [-0.2, 0) is 16.1 Å². The van der Waals surface area contributed by atoms with Crippen molar-refractivity contribution in [1.82, 2.24) is 10.6 Å². The molecule has 0 saturated carbocycles. The van der Waals surface area contributed by atoms with Gasteiger partial charge in [0, 0.05) is 11.8 Å². The minimum absolute atomic E-state index is 0.0554. The van der Waals surface area contributed by atoms with Gasteiger partial charge in [0.2, 0.25) is 0 Å². The lowest BCUT2D eigenvalue weighted by molar-refractivity contribution is -0.385. The van der Waals surface area contributed by atoms with Gasteiger partial charge in [-0.25, -0.2) is 9.59 Å². The number of hydrogen-bond acceptors (Lipinski definition) is 6. The van der Waals surface area contributed by atoms with Gasteiger partial charge in [-0.05, 0) is 24.1 Å². The highest BCUT2D eigenvalue weighted by Crippen LogP contribution is 2.34. The van der Waals surface area contributed by atoms with Gasteiger partial charge < -0.3 is 20.1 Å². The van der Waals surface area contributed by atoms with E-state index in [9.17, 15) is 19.7 Å². The Labute approximate surface area is 166 Å². The molecule has 0 fully saturated rings. The summed E-state index contributed by atoms with van der Waals surface area (Å²) >= 11 is 0. The zero-order chi connectivity index (χ0) is 21.0. The van der Waals surface area contributed by atoms with Gasteiger partial charge in [-0.3, -0.25) is 10.1 Å². The zero-order valence-corrected chi connectivity index (χ0v) is 15.8. The molecular weight excluding hydrogens is 378 g/mol. The van der Waals surface area contributed by atoms with Gasteiger partial charge in [-0.15, -0.1) is 0 Å². The van der Waals surface area contributed by atoms with Crippen molar-refractivity contribution in [3.05, 3.63) is 81.0 Å². The molecule has 1 heterocycles. The lowest BCUT2D eigenvalue weighted by Gasteiger charge is -2.28. The van der Waals surface area contributed by atoms with E-state index in [0.29, 0.717) is 11.3 Å². The monoisotopic (exact) mass is 397 g/mol. The van der Waals surface area contributed by atoms with Crippen LogP contribution in [0, 0.1) is 10.1 Å². The highest BCUT2D eigenvalue weighted by molar-refractivity contribution is 5.95. The molecule has 0 aliphatic carbocycles. The van der Waals surface area contributed by atoms with Crippen LogP contribution in [-0.4, -0.2) is 24.0 Å². The molecule has 29 heavy (non-hydrogen) atoms. The Morgan fingerprint density at radius 1 is 1.21 bits per heavy atom. The Balaban J connectivity index is 1.92. The molecule has 2 aromatic rings. The first kappa shape index (κ1) is 19.9. The Hall–Kier alpha value is -3.88. The third-order valence-corrected chi connectivity index (χ3v) is 4.43. The Morgan fingerprint density at radius 3 is 2.59 bits per heavy atom. The molecule has 0 aromatic heterocycles. The molecule has 3 rings (SSSR count). The number of rotatable bonds is 6. The number of carbonyl (C=O) groups is 2. The Morgan fingerprint density at radius 2 is 1.93 bits per heavy atom. The van der Waals surface area contributed by atoms with Crippen LogP contribution in [0.3, 0.4) is 0 Å². The summed E-state index contributed by atoms with van der Waals surface area (Å²) in [4.78, 5) is 35.5. The molecule has 0 spiro atoms. The third kappa shape index (κ3) is 4.34. The van der Waals surface area contributed by atoms with Crippen molar-refractivity contribution in [1.29, 1.82) is 0 Å². The summed E-state index contributed by atoms with van der Waals surface area (Å²) < 4.78 is 10.4. The predicted octanol–water partition coefficient (Wildman–Crippen LogP) is 2.97. The molecule has 9 nitrogen and oxygen atoms in total. The maximum atomic E-state index is 12.8. The molecule has 2 amide bonds. The largest absolute Gasteiger partial charge is 0.490 e. The SMILES string of the molecule is COc1ccc(C2NC(=O)NC(C)=C2C(=O)OCc2ccccc2)cc1[N+](=O)[O-]. The quantitative estimate of drug-likeness (QED) is 0.439. The summed E-state index contributed by atoms with van der Waals surface area (Å²) in [5, 5.41) is 16.5. The van der Waals surface area contributed by atoms with Gasteiger partial charge in [-0.2, -0.15) is 0 Å². The molecule has 1 atom stereocenters. The van der Waals surface area contributed by atoms with Gasteiger partial charge in [-0.1, -0.05) is 36.4 Å². The molecule has 2 aromatic carbocycles. The van der Waals surface area contributed by atoms with E-state index in [4.69, 9.17) is 9.47 Å². The van der Waals surface area contributed by atoms with E-state index < -0.39 is 23.0 Å². The van der Waals surface area contributed by atoms with Crippen LogP contribution in [0.4, 0.5) is 10.5 Å². The van der Waals surface area contributed by atoms with E-state index >= 15 is 0 Å². The number of nitro groups is 1. The molecule has 150 valence electrons. The number of nitrogens with zero attached hydrogens (tertiary/aromatic N) is 1. The molecule has 1 aliphatic rings. The fourth-order valence-corrected chi connectivity index (χ4v) is 3.04. The molecule has 1 aliphatic heterocycles. The van der Waals surface area contributed by atoms with Gasteiger partial charge in [0.1, 0.15) is 6.61 Å². The predicted molar refractivity (Wildman–Crippen MR) is 103 cm³/mol. The summed E-state index contributed by atoms with van der Waals surface area (Å²) in [6, 6.07) is 12.0. The number of urea groups is 1. The van der Waals surface area contributed by atoms with Crippen molar-refractivity contribution in [2.75, 3.05) is 7.11 Å². The number of nitrogens with one attached hydrogen (secondary N) is 2. The van der Waals surface area contributed by atoms with Crippen molar-refractivity contribution in [3.63, 3.8) is 0 Å². The Bertz CT molecular complexity index is 987. The van der Waals surface area contributed by atoms with E-state index in [1.165, 1.54) is 19.2 Å². The fraction of sp³-hybridized carbons (Fsp3) is 0.200. The van der Waals surface area contributed by atoms with E-state index in [0.717, 1.165) is 5.56 Å². The minimum Gasteiger partial charge on any atom is -0.490 e. The number of benzene rings is 2. The molecule has 2 N–H and O–H groups in total. The van der Waals surface area contributed by atoms with Crippen LogP contribution < -0.4 is 15.4 Å². The average molecular weight is 397 g/mol. The first-order valence-corrected chi connectivity index (χ1v) is 8.72. The summed E-state index contributed by atoms with van der Waals surface area (Å²) in [6.45, 7) is 1.63. The standard InChI is InChI=1S/C20H19N3O6/c1-12-17(19(24)29-11-13-6-4-3-5-7-13)18(22-20(25)21-12)14-8-9-16(28-2)15(10-14)23(26)27/h3-10,18H,11H2,1-2H3,(H2,21,22,25). The molecule has 0 saturated heterocycles. The topological polar surface area (TPSA) is 120 Å². The van der Waals surface area contributed by atoms with Gasteiger partial charge in [0.15, 0.2) is 5.75 Å². The molecule has 9 heteroatoms. The number of methoxy groups -OCH3 is 1. The summed E-state index contributed by atoms with van der Waals surface area (Å²) in [5.74, 6) is -0.560. The number of amides is 2. The van der Waals surface area contributed by atoms with Crippen LogP contribution >= 0.6 is 0 Å². The maximum absolute atomic E-state index is 12.8. The first-order valence-electron chi connectivity index (χ1n) is 8.72. The first-order chi connectivity index (χ1) is 13.9. The number of ether oxygens (including phenoxy) is 2. The summed E-state index contributed by atoms with van der Waals surface area (Å²) in [5.41, 5.74) is 1.38. The highest BCUT2D eigenvalue weighted by Gasteiger charge is 2.33. The van der Waals surface area contributed by atoms with Crippen molar-refractivity contribution in [3.8, 4) is 5.75 Å². The van der Waals surface area contributed by atoms with E-state index in [-0.39, 0.29) is 23.6 Å². The van der Waals surface area contributed by atoms with Crippen molar-refractivity contribution in [2.45, 2.75) is 19.6 Å². The number of allylic oxidation sites excluding steroid dienone is 1. The molecule has 1 unspecified atom stereocenters. The van der Waals surface area contributed by atoms with Gasteiger partial charge in [0.25, 0.3) is 0 Å². The van der Waals surface area contributed by atoms with Gasteiger partial charge in [0.05, 0.1) is 23.6 Å². The minimum atomic E-state index is -0.906. The second kappa shape index (κ2) is 8.42. The van der Waals surface area contributed by atoms with Crippen molar-refractivity contribution in [2.24, 2.45) is 0 Å². The molecule has 0 bridgehead atoms. The maximum Gasteiger partial charge on any atom is 0.338 e. The fourth-order valence-electron chi connectivity index (χ4n) is 3.04. The Kier molecular flexibility index (Phi) is 5.77. The number of esters is 1. The van der Waals surface area contributed by atoms with Crippen LogP contribution in [0.2, 0.25) is 0 Å². The normalized spacial score (nSPS) is 15.9. The number of nitro benzene ring substituents is 1. The number of hydrogen-bond donors (Lipinski definition) is 2. The number of carbonyl (C=O) groups excluding carboxylic acids is 2. The second-order valence-corrected chi connectivity index (χ2v) is 6.32. The van der Waals surface area contributed by atoms with E-state index in [2.05, 4.69) is 10.6 Å². The van der Waals surface area contributed by atoms with Gasteiger partial charge >= 0.3 is 17.7 Å². The molecular formula is C20H19N3O6. The average Bonchev–Trinajstić information content (AvgIpc) is 2.71. The molecule has 0 radical (unpaired) electrons. The lowest BCUT2D eigenvalue weighted by atomic mass is 9.95. The van der Waals surface area contributed by atoms with E-state index in [1.54, 1.807) is 13.0 Å².